The summed E-state index contributed by atoms with van der Waals surface area (Å²) < 4.78 is 36.2. The number of benzene rings is 1. The molecular formula is C21H23ClFN5O4S. The Bertz CT molecular complexity index is 969. The van der Waals surface area contributed by atoms with Crippen molar-refractivity contribution in [3.8, 4) is 18.0 Å². The molecule has 0 amide bonds. The van der Waals surface area contributed by atoms with E-state index in [0.29, 0.717) is 29.8 Å². The van der Waals surface area contributed by atoms with Crippen molar-refractivity contribution < 1.29 is 23.3 Å². The molecule has 1 atom stereocenters. The van der Waals surface area contributed by atoms with E-state index in [0.717, 1.165) is 0 Å². The molecule has 1 aromatic heterocycles. The van der Waals surface area contributed by atoms with Crippen molar-refractivity contribution in [2.75, 3.05) is 44.8 Å². The van der Waals surface area contributed by atoms with Crippen LogP contribution in [-0.2, 0) is 4.74 Å². The van der Waals surface area contributed by atoms with E-state index in [1.54, 1.807) is 12.2 Å². The maximum Gasteiger partial charge on any atom is 0.326 e. The quantitative estimate of drug-likeness (QED) is 0.391. The van der Waals surface area contributed by atoms with Gasteiger partial charge < -0.3 is 29.2 Å². The Labute approximate surface area is 201 Å². The first-order valence-corrected chi connectivity index (χ1v) is 10.8. The molecule has 3 rings (SSSR count). The van der Waals surface area contributed by atoms with Crippen molar-refractivity contribution in [3.05, 3.63) is 54.3 Å². The Morgan fingerprint density at radius 3 is 2.45 bits per heavy atom. The molecule has 1 aliphatic heterocycles. The first kappa shape index (κ1) is 24.6. The van der Waals surface area contributed by atoms with Crippen LogP contribution in [0.2, 0.25) is 5.02 Å². The van der Waals surface area contributed by atoms with Gasteiger partial charge in [0, 0.05) is 18.1 Å². The number of ether oxygens (including phenoxy) is 4. The van der Waals surface area contributed by atoms with Gasteiger partial charge in [-0.25, -0.2) is 4.39 Å². The zero-order valence-corrected chi connectivity index (χ0v) is 19.3. The minimum absolute atomic E-state index is 0.0190. The van der Waals surface area contributed by atoms with Crippen LogP contribution in [0.15, 0.2) is 43.5 Å². The van der Waals surface area contributed by atoms with Crippen molar-refractivity contribution in [1.82, 2.24) is 19.9 Å². The van der Waals surface area contributed by atoms with Crippen molar-refractivity contribution in [1.29, 1.82) is 0 Å². The molecule has 9 nitrogen and oxygen atoms in total. The van der Waals surface area contributed by atoms with E-state index >= 15 is 0 Å². The molecule has 176 valence electrons. The number of anilines is 1. The third-order valence-electron chi connectivity index (χ3n) is 4.23. The van der Waals surface area contributed by atoms with E-state index in [9.17, 15) is 4.39 Å². The van der Waals surface area contributed by atoms with Gasteiger partial charge in [0.1, 0.15) is 31.7 Å². The van der Waals surface area contributed by atoms with Crippen LogP contribution in [0.1, 0.15) is 0 Å². The fraction of sp³-hybridized carbons (Fsp3) is 0.333. The smallest absolute Gasteiger partial charge is 0.326 e. The summed E-state index contributed by atoms with van der Waals surface area (Å²) in [5.74, 6) is -0.450. The number of hydrogen-bond donors (Lipinski definition) is 1. The molecule has 0 saturated carbocycles. The number of rotatable bonds is 10. The first-order chi connectivity index (χ1) is 16.0. The fourth-order valence-electron chi connectivity index (χ4n) is 2.74. The van der Waals surface area contributed by atoms with E-state index in [1.165, 1.54) is 18.2 Å². The Hall–Kier alpha value is -3.02. The highest BCUT2D eigenvalue weighted by Crippen LogP contribution is 2.21. The van der Waals surface area contributed by atoms with Crippen molar-refractivity contribution in [2.24, 2.45) is 0 Å². The largest absolute Gasteiger partial charge is 0.460 e. The van der Waals surface area contributed by atoms with Gasteiger partial charge in [0.2, 0.25) is 0 Å². The predicted octanol–water partition coefficient (Wildman–Crippen LogP) is 3.27. The minimum atomic E-state index is -0.450. The summed E-state index contributed by atoms with van der Waals surface area (Å²) in [6.45, 7) is 9.10. The zero-order chi connectivity index (χ0) is 23.6. The first-order valence-electron chi connectivity index (χ1n) is 9.97. The summed E-state index contributed by atoms with van der Waals surface area (Å²) >= 11 is 11.4. The highest BCUT2D eigenvalue weighted by atomic mass is 35.5. The summed E-state index contributed by atoms with van der Waals surface area (Å²) in [5.41, 5.74) is 0.205. The van der Waals surface area contributed by atoms with Crippen LogP contribution in [0, 0.1) is 5.82 Å². The molecule has 2 heterocycles. The molecule has 0 aliphatic carbocycles. The van der Waals surface area contributed by atoms with Gasteiger partial charge in [-0.1, -0.05) is 36.9 Å². The number of aromatic nitrogens is 3. The van der Waals surface area contributed by atoms with Crippen LogP contribution in [0.3, 0.4) is 0 Å². The van der Waals surface area contributed by atoms with E-state index in [1.807, 2.05) is 4.90 Å². The number of hydrogen-bond acceptors (Lipinski definition) is 8. The minimum Gasteiger partial charge on any atom is -0.460 e. The molecule has 0 radical (unpaired) electrons. The molecule has 1 aromatic carbocycles. The van der Waals surface area contributed by atoms with Gasteiger partial charge in [-0.2, -0.15) is 0 Å². The average Bonchev–Trinajstić information content (AvgIpc) is 2.82. The SMILES string of the molecule is C=CCOc1nc(OCC=C)nc(OCC2CN(C(=S)Nc3cc(Cl)ccc3F)CCO2)n1. The lowest BCUT2D eigenvalue weighted by atomic mass is 10.3. The molecule has 1 aliphatic rings. The summed E-state index contributed by atoms with van der Waals surface area (Å²) in [7, 11) is 0. The van der Waals surface area contributed by atoms with Gasteiger partial charge in [0.05, 0.1) is 12.3 Å². The molecule has 1 saturated heterocycles. The highest BCUT2D eigenvalue weighted by molar-refractivity contribution is 7.80. The molecule has 2 aromatic rings. The maximum absolute atomic E-state index is 14.0. The van der Waals surface area contributed by atoms with Gasteiger partial charge in [0.25, 0.3) is 0 Å². The van der Waals surface area contributed by atoms with Crippen molar-refractivity contribution in [2.45, 2.75) is 6.10 Å². The third-order valence-corrected chi connectivity index (χ3v) is 4.82. The molecule has 1 N–H and O–H groups in total. The van der Waals surface area contributed by atoms with Gasteiger partial charge in [-0.05, 0) is 30.4 Å². The lowest BCUT2D eigenvalue weighted by Gasteiger charge is -2.34. The van der Waals surface area contributed by atoms with Crippen LogP contribution in [-0.4, -0.2) is 70.6 Å². The molecule has 1 unspecified atom stereocenters. The van der Waals surface area contributed by atoms with E-state index < -0.39 is 5.82 Å². The van der Waals surface area contributed by atoms with Crippen LogP contribution in [0.25, 0.3) is 0 Å². The van der Waals surface area contributed by atoms with Crippen LogP contribution in [0.4, 0.5) is 10.1 Å². The van der Waals surface area contributed by atoms with E-state index in [-0.39, 0.29) is 49.6 Å². The Morgan fingerprint density at radius 1 is 1.18 bits per heavy atom. The highest BCUT2D eigenvalue weighted by Gasteiger charge is 2.24. The summed E-state index contributed by atoms with van der Waals surface area (Å²) in [5, 5.41) is 3.64. The second-order valence-corrected chi connectivity index (χ2v) is 7.51. The van der Waals surface area contributed by atoms with Gasteiger partial charge in [-0.3, -0.25) is 0 Å². The summed E-state index contributed by atoms with van der Waals surface area (Å²) in [6, 6.07) is 4.32. The fourth-order valence-corrected chi connectivity index (χ4v) is 3.19. The Kier molecular flexibility index (Phi) is 9.16. The number of nitrogens with zero attached hydrogens (tertiary/aromatic N) is 4. The van der Waals surface area contributed by atoms with Gasteiger partial charge >= 0.3 is 18.0 Å². The van der Waals surface area contributed by atoms with E-state index in [2.05, 4.69) is 33.4 Å². The van der Waals surface area contributed by atoms with Crippen LogP contribution in [0.5, 0.6) is 18.0 Å². The van der Waals surface area contributed by atoms with Crippen molar-refractivity contribution >= 4 is 34.6 Å². The van der Waals surface area contributed by atoms with Crippen LogP contribution >= 0.6 is 23.8 Å². The van der Waals surface area contributed by atoms with Crippen molar-refractivity contribution in [3.63, 3.8) is 0 Å². The molecule has 0 bridgehead atoms. The summed E-state index contributed by atoms with van der Waals surface area (Å²) in [6.07, 6.45) is 2.78. The number of morpholine rings is 1. The molecule has 12 heteroatoms. The predicted molar refractivity (Wildman–Crippen MR) is 126 cm³/mol. The molecule has 33 heavy (non-hydrogen) atoms. The molecular weight excluding hydrogens is 473 g/mol. The normalized spacial score (nSPS) is 15.5. The standard InChI is InChI=1S/C21H23ClFN5O4S/c1-3-8-30-18-25-19(31-9-4-2)27-20(26-18)32-13-15-12-28(7-10-29-15)21(33)24-17-11-14(22)5-6-16(17)23/h3-6,11,15H,1-2,7-10,12-13H2,(H,24,33). The second-order valence-electron chi connectivity index (χ2n) is 6.69. The summed E-state index contributed by atoms with van der Waals surface area (Å²) in [4.78, 5) is 14.1. The third kappa shape index (κ3) is 7.52. The second kappa shape index (κ2) is 12.3. The Balaban J connectivity index is 1.59. The lowest BCUT2D eigenvalue weighted by Crippen LogP contribution is -2.49. The number of nitrogens with one attached hydrogen (secondary N) is 1. The molecule has 0 spiro atoms. The topological polar surface area (TPSA) is 90.9 Å². The average molecular weight is 496 g/mol. The Morgan fingerprint density at radius 2 is 1.82 bits per heavy atom. The number of halogens is 2. The van der Waals surface area contributed by atoms with Crippen LogP contribution < -0.4 is 19.5 Å². The number of thiocarbonyl (C=S) groups is 1. The van der Waals surface area contributed by atoms with Gasteiger partial charge in [-0.15, -0.1) is 15.0 Å². The van der Waals surface area contributed by atoms with Gasteiger partial charge in [0.15, 0.2) is 5.11 Å². The maximum atomic E-state index is 14.0. The van der Waals surface area contributed by atoms with E-state index in [4.69, 9.17) is 42.8 Å². The molecule has 1 fully saturated rings. The lowest BCUT2D eigenvalue weighted by molar-refractivity contribution is -0.0298. The monoisotopic (exact) mass is 495 g/mol. The zero-order valence-electron chi connectivity index (χ0n) is 17.7.